The molecule has 0 saturated heterocycles. The van der Waals surface area contributed by atoms with Crippen LogP contribution in [0.3, 0.4) is 0 Å². The van der Waals surface area contributed by atoms with Crippen LogP contribution in [-0.4, -0.2) is 11.7 Å². The molecule has 0 heterocycles. The molecule has 0 aromatic heterocycles. The van der Waals surface area contributed by atoms with E-state index < -0.39 is 7.14 Å². The summed E-state index contributed by atoms with van der Waals surface area (Å²) in [5, 5.41) is 0.704. The molecule has 2 aromatic rings. The predicted octanol–water partition coefficient (Wildman–Crippen LogP) is 8.36. The summed E-state index contributed by atoms with van der Waals surface area (Å²) >= 11 is 0. The minimum atomic E-state index is -3.17. The molecule has 0 fully saturated rings. The Morgan fingerprint density at radius 2 is 1.23 bits per heavy atom. The first-order valence-corrected chi connectivity index (χ1v) is 14.1. The molecule has 0 aliphatic heterocycles. The van der Waals surface area contributed by atoms with Crippen molar-refractivity contribution < 1.29 is 9.36 Å². The Bertz CT molecular complexity index is 847. The summed E-state index contributed by atoms with van der Waals surface area (Å²) < 4.78 is 14.2. The Labute approximate surface area is 190 Å². The number of hydrogen-bond acceptors (Lipinski definition) is 2. The van der Waals surface area contributed by atoms with Crippen LogP contribution in [0.15, 0.2) is 42.5 Å². The molecule has 1 atom stereocenters. The average molecular weight is 441 g/mol. The van der Waals surface area contributed by atoms with E-state index in [0.29, 0.717) is 17.0 Å². The quantitative estimate of drug-likeness (QED) is 0.218. The van der Waals surface area contributed by atoms with Gasteiger partial charge in [-0.2, -0.15) is 0 Å². The van der Waals surface area contributed by atoms with Gasteiger partial charge in [-0.3, -0.25) is 4.79 Å². The second kappa shape index (κ2) is 13.0. The zero-order valence-electron chi connectivity index (χ0n) is 20.1. The fraction of sp³-hybridized carbons (Fsp3) is 0.536. The number of hydrogen-bond donors (Lipinski definition) is 0. The van der Waals surface area contributed by atoms with E-state index >= 15 is 0 Å². The maximum atomic E-state index is 14.2. The van der Waals surface area contributed by atoms with Gasteiger partial charge in [-0.25, -0.2) is 0 Å². The van der Waals surface area contributed by atoms with Crippen LogP contribution < -0.4 is 5.30 Å². The fourth-order valence-electron chi connectivity index (χ4n) is 4.54. The minimum Gasteiger partial charge on any atom is -0.310 e. The van der Waals surface area contributed by atoms with E-state index in [9.17, 15) is 9.36 Å². The van der Waals surface area contributed by atoms with Crippen molar-refractivity contribution >= 4 is 18.0 Å². The third kappa shape index (κ3) is 7.46. The van der Waals surface area contributed by atoms with E-state index in [1.807, 2.05) is 63.2 Å². The molecule has 0 aliphatic rings. The average Bonchev–Trinajstić information content (AvgIpc) is 2.74. The number of aryl methyl sites for hydroxylation is 3. The van der Waals surface area contributed by atoms with Gasteiger partial charge in [0.15, 0.2) is 7.14 Å². The molecule has 1 unspecified atom stereocenters. The zero-order chi connectivity index (χ0) is 22.7. The normalized spacial score (nSPS) is 13.2. The molecule has 0 aliphatic carbocycles. The zero-order valence-corrected chi connectivity index (χ0v) is 21.0. The molecular formula is C28H41O2P. The number of rotatable bonds is 14. The van der Waals surface area contributed by atoms with E-state index in [1.165, 1.54) is 51.4 Å². The Morgan fingerprint density at radius 1 is 0.742 bits per heavy atom. The lowest BCUT2D eigenvalue weighted by molar-refractivity contribution is 0.107. The van der Waals surface area contributed by atoms with E-state index in [4.69, 9.17) is 0 Å². The Hall–Kier alpha value is -1.66. The van der Waals surface area contributed by atoms with Crippen molar-refractivity contribution in [3.05, 3.63) is 64.7 Å². The van der Waals surface area contributed by atoms with Crippen molar-refractivity contribution in [2.24, 2.45) is 0 Å². The van der Waals surface area contributed by atoms with Gasteiger partial charge in [0.05, 0.1) is 0 Å². The van der Waals surface area contributed by atoms with Gasteiger partial charge in [0.25, 0.3) is 0 Å². The summed E-state index contributed by atoms with van der Waals surface area (Å²) in [5.41, 5.74) is 3.49. The van der Waals surface area contributed by atoms with Gasteiger partial charge in [0.1, 0.15) is 0 Å². The van der Waals surface area contributed by atoms with Gasteiger partial charge in [0.2, 0.25) is 5.52 Å². The number of benzene rings is 2. The molecule has 0 N–H and O–H groups in total. The molecule has 2 nitrogen and oxygen atoms in total. The van der Waals surface area contributed by atoms with Crippen molar-refractivity contribution in [3.8, 4) is 0 Å². The molecule has 3 heteroatoms. The summed E-state index contributed by atoms with van der Waals surface area (Å²) in [4.78, 5) is 13.6. The smallest absolute Gasteiger partial charge is 0.226 e. The fourth-order valence-corrected chi connectivity index (χ4v) is 7.27. The summed E-state index contributed by atoms with van der Waals surface area (Å²) in [6, 6.07) is 13.5. The lowest BCUT2D eigenvalue weighted by Gasteiger charge is -2.20. The molecule has 2 aromatic carbocycles. The first kappa shape index (κ1) is 25.6. The third-order valence-electron chi connectivity index (χ3n) is 6.22. The molecule has 2 rings (SSSR count). The van der Waals surface area contributed by atoms with Crippen LogP contribution in [0.4, 0.5) is 0 Å². The molecule has 31 heavy (non-hydrogen) atoms. The second-order valence-corrected chi connectivity index (χ2v) is 11.9. The highest BCUT2D eigenvalue weighted by atomic mass is 31.2. The van der Waals surface area contributed by atoms with Crippen LogP contribution in [0, 0.1) is 20.8 Å². The predicted molar refractivity (Wildman–Crippen MR) is 135 cm³/mol. The lowest BCUT2D eigenvalue weighted by atomic mass is 10.0. The van der Waals surface area contributed by atoms with Crippen molar-refractivity contribution in [1.82, 2.24) is 0 Å². The van der Waals surface area contributed by atoms with Crippen LogP contribution in [-0.2, 0) is 4.57 Å². The second-order valence-electron chi connectivity index (χ2n) is 9.06. The topological polar surface area (TPSA) is 34.1 Å². The van der Waals surface area contributed by atoms with Gasteiger partial charge in [-0.1, -0.05) is 113 Å². The Morgan fingerprint density at radius 3 is 1.74 bits per heavy atom. The van der Waals surface area contributed by atoms with Crippen molar-refractivity contribution in [3.63, 3.8) is 0 Å². The number of carbonyl (C=O) groups excluding carboxylic acids is 1. The number of unbranched alkanes of at least 4 members (excludes halogenated alkanes) is 9. The number of carbonyl (C=O) groups is 1. The van der Waals surface area contributed by atoms with E-state index in [1.54, 1.807) is 0 Å². The van der Waals surface area contributed by atoms with Gasteiger partial charge in [-0.15, -0.1) is 0 Å². The first-order chi connectivity index (χ1) is 14.9. The molecule has 0 spiro atoms. The van der Waals surface area contributed by atoms with Gasteiger partial charge >= 0.3 is 0 Å². The molecule has 170 valence electrons. The Balaban J connectivity index is 2.02. The summed E-state index contributed by atoms with van der Waals surface area (Å²) in [6.45, 7) is 8.21. The van der Waals surface area contributed by atoms with Gasteiger partial charge < -0.3 is 4.57 Å². The maximum absolute atomic E-state index is 14.2. The molecule has 0 radical (unpaired) electrons. The molecule has 0 amide bonds. The van der Waals surface area contributed by atoms with Crippen molar-refractivity contribution in [1.29, 1.82) is 0 Å². The Kier molecular flexibility index (Phi) is 10.7. The maximum Gasteiger partial charge on any atom is 0.226 e. The van der Waals surface area contributed by atoms with Gasteiger partial charge in [0, 0.05) is 17.0 Å². The third-order valence-corrected chi connectivity index (χ3v) is 9.18. The van der Waals surface area contributed by atoms with Crippen molar-refractivity contribution in [2.45, 2.75) is 91.9 Å². The van der Waals surface area contributed by atoms with Crippen LogP contribution in [0.2, 0.25) is 0 Å². The standard InChI is InChI=1S/C28H41O2P/c1-5-6-7-8-9-10-11-12-13-17-20-31(30,26-18-15-14-16-19-26)28(29)27-24(3)21-23(2)22-25(27)4/h14-16,18-19,21-22H,5-13,17,20H2,1-4H3. The van der Waals surface area contributed by atoms with Crippen molar-refractivity contribution in [2.75, 3.05) is 6.16 Å². The lowest BCUT2D eigenvalue weighted by Crippen LogP contribution is -2.18. The monoisotopic (exact) mass is 440 g/mol. The van der Waals surface area contributed by atoms with E-state index in [0.717, 1.165) is 29.5 Å². The van der Waals surface area contributed by atoms with Crippen LogP contribution in [0.25, 0.3) is 0 Å². The highest BCUT2D eigenvalue weighted by Crippen LogP contribution is 2.49. The van der Waals surface area contributed by atoms with E-state index in [2.05, 4.69) is 6.92 Å². The molecular weight excluding hydrogens is 399 g/mol. The van der Waals surface area contributed by atoms with E-state index in [-0.39, 0.29) is 5.52 Å². The van der Waals surface area contributed by atoms with Gasteiger partial charge in [-0.05, 0) is 38.3 Å². The largest absolute Gasteiger partial charge is 0.310 e. The summed E-state index contributed by atoms with van der Waals surface area (Å²) in [5.74, 6) is 0. The molecule has 0 saturated carbocycles. The summed E-state index contributed by atoms with van der Waals surface area (Å²) in [7, 11) is -3.17. The van der Waals surface area contributed by atoms with Crippen LogP contribution in [0.5, 0.6) is 0 Å². The SMILES string of the molecule is CCCCCCCCCCCCP(=O)(C(=O)c1c(C)cc(C)cc1C)c1ccccc1. The first-order valence-electron chi connectivity index (χ1n) is 12.2. The highest BCUT2D eigenvalue weighted by molar-refractivity contribution is 7.87. The van der Waals surface area contributed by atoms with Crippen LogP contribution >= 0.6 is 7.14 Å². The molecule has 0 bridgehead atoms. The summed E-state index contributed by atoms with van der Waals surface area (Å²) in [6.07, 6.45) is 12.7. The van der Waals surface area contributed by atoms with Crippen LogP contribution in [0.1, 0.15) is 98.2 Å². The minimum absolute atomic E-state index is 0.162. The highest BCUT2D eigenvalue weighted by Gasteiger charge is 2.35.